The molecule has 2 rings (SSSR count). The molecule has 0 aliphatic carbocycles. The van der Waals surface area contributed by atoms with E-state index in [1.54, 1.807) is 12.1 Å². The van der Waals surface area contributed by atoms with E-state index < -0.39 is 6.03 Å². The van der Waals surface area contributed by atoms with Crippen molar-refractivity contribution in [1.29, 1.82) is 0 Å². The monoisotopic (exact) mass is 391 g/mol. The third-order valence-corrected chi connectivity index (χ3v) is 3.89. The fourth-order valence-corrected chi connectivity index (χ4v) is 2.63. The Kier molecular flexibility index (Phi) is 8.33. The summed E-state index contributed by atoms with van der Waals surface area (Å²) in [6.45, 7) is 8.19. The number of rotatable bonds is 9. The summed E-state index contributed by atoms with van der Waals surface area (Å²) in [6, 6.07) is 10.7. The number of hydrogen-bond donors (Lipinski definition) is 2. The van der Waals surface area contributed by atoms with Crippen LogP contribution in [0.5, 0.6) is 11.5 Å². The number of aryl methyl sites for hydroxylation is 1. The van der Waals surface area contributed by atoms with Crippen LogP contribution in [-0.4, -0.2) is 25.5 Å². The molecule has 0 atom stereocenters. The lowest BCUT2D eigenvalue weighted by atomic mass is 10.1. The number of carbonyl (C=O) groups excluding carboxylic acids is 1. The number of para-hydroxylation sites is 1. The lowest BCUT2D eigenvalue weighted by molar-refractivity contribution is 0.252. The van der Waals surface area contributed by atoms with Crippen molar-refractivity contribution in [3.63, 3.8) is 0 Å². The first-order valence-corrected chi connectivity index (χ1v) is 9.21. The van der Waals surface area contributed by atoms with Crippen LogP contribution in [0.3, 0.4) is 0 Å². The van der Waals surface area contributed by atoms with Crippen molar-refractivity contribution in [2.24, 2.45) is 5.10 Å². The van der Waals surface area contributed by atoms with Gasteiger partial charge in [0, 0.05) is 11.3 Å². The highest BCUT2D eigenvalue weighted by Crippen LogP contribution is 2.33. The first kappa shape index (κ1) is 21.6. The normalized spacial score (nSPS) is 10.2. The van der Waals surface area contributed by atoms with E-state index in [2.05, 4.69) is 28.3 Å². The van der Waals surface area contributed by atoms with Crippen molar-refractivity contribution >= 4 is 17.9 Å². The summed E-state index contributed by atoms with van der Waals surface area (Å²) in [5.74, 6) is 3.61. The minimum atomic E-state index is -0.430. The number of hydrogen-bond acceptors (Lipinski definition) is 4. The summed E-state index contributed by atoms with van der Waals surface area (Å²) in [5, 5.41) is 6.77. The quantitative estimate of drug-likeness (QED) is 0.290. The van der Waals surface area contributed by atoms with E-state index in [0.29, 0.717) is 24.5 Å². The number of terminal acetylenes is 1. The third-order valence-electron chi connectivity index (χ3n) is 3.89. The van der Waals surface area contributed by atoms with Gasteiger partial charge in [0.05, 0.1) is 12.8 Å². The van der Waals surface area contributed by atoms with Gasteiger partial charge in [-0.25, -0.2) is 10.2 Å². The van der Waals surface area contributed by atoms with Gasteiger partial charge in [-0.1, -0.05) is 30.2 Å². The topological polar surface area (TPSA) is 72.0 Å². The Morgan fingerprint density at radius 3 is 2.79 bits per heavy atom. The lowest BCUT2D eigenvalue weighted by Gasteiger charge is -2.15. The number of nitrogens with zero attached hydrogens (tertiary/aromatic N) is 1. The minimum Gasteiger partial charge on any atom is -0.490 e. The molecule has 0 fully saturated rings. The molecule has 6 nitrogen and oxygen atoms in total. The van der Waals surface area contributed by atoms with Gasteiger partial charge in [0.25, 0.3) is 0 Å². The number of benzene rings is 2. The Bertz CT molecular complexity index is 929. The number of anilines is 1. The molecule has 0 aliphatic heterocycles. The summed E-state index contributed by atoms with van der Waals surface area (Å²) in [7, 11) is 0. The second kappa shape index (κ2) is 11.2. The molecule has 2 aromatic carbocycles. The molecule has 0 spiro atoms. The molecule has 0 aliphatic rings. The largest absolute Gasteiger partial charge is 0.490 e. The van der Waals surface area contributed by atoms with E-state index in [-0.39, 0.29) is 6.61 Å². The molecule has 6 heteroatoms. The first-order chi connectivity index (χ1) is 14.1. The van der Waals surface area contributed by atoms with Crippen LogP contribution >= 0.6 is 0 Å². The van der Waals surface area contributed by atoms with E-state index in [0.717, 1.165) is 22.4 Å². The van der Waals surface area contributed by atoms with Crippen LogP contribution < -0.4 is 20.2 Å². The number of allylic oxidation sites excluding steroid dienone is 1. The van der Waals surface area contributed by atoms with Gasteiger partial charge >= 0.3 is 6.03 Å². The minimum absolute atomic E-state index is 0.137. The van der Waals surface area contributed by atoms with Crippen LogP contribution in [-0.2, 0) is 6.42 Å². The van der Waals surface area contributed by atoms with Crippen molar-refractivity contribution in [3.05, 3.63) is 65.7 Å². The molecule has 0 heterocycles. The average Bonchev–Trinajstić information content (AvgIpc) is 2.70. The van der Waals surface area contributed by atoms with E-state index in [1.807, 2.05) is 44.2 Å². The molecule has 0 saturated heterocycles. The van der Waals surface area contributed by atoms with Gasteiger partial charge in [-0.05, 0) is 49.6 Å². The Labute approximate surface area is 171 Å². The van der Waals surface area contributed by atoms with Crippen molar-refractivity contribution in [1.82, 2.24) is 5.43 Å². The van der Waals surface area contributed by atoms with Gasteiger partial charge in [0.2, 0.25) is 0 Å². The zero-order chi connectivity index (χ0) is 21.1. The van der Waals surface area contributed by atoms with Crippen molar-refractivity contribution in [2.75, 3.05) is 18.5 Å². The van der Waals surface area contributed by atoms with Gasteiger partial charge in [0.15, 0.2) is 11.5 Å². The molecule has 0 radical (unpaired) electrons. The summed E-state index contributed by atoms with van der Waals surface area (Å²) in [6.07, 6.45) is 9.19. The molecule has 0 saturated carbocycles. The van der Waals surface area contributed by atoms with Crippen LogP contribution in [0.25, 0.3) is 0 Å². The molecule has 2 amide bonds. The zero-order valence-electron chi connectivity index (χ0n) is 16.7. The Morgan fingerprint density at radius 2 is 2.10 bits per heavy atom. The number of amides is 2. The molecule has 2 aromatic rings. The predicted molar refractivity (Wildman–Crippen MR) is 117 cm³/mol. The summed E-state index contributed by atoms with van der Waals surface area (Å²) in [5.41, 5.74) is 5.76. The molecule has 0 aromatic heterocycles. The highest BCUT2D eigenvalue weighted by molar-refractivity contribution is 5.91. The number of urea groups is 1. The van der Waals surface area contributed by atoms with Crippen LogP contribution in [0.2, 0.25) is 0 Å². The second-order valence-corrected chi connectivity index (χ2v) is 6.06. The second-order valence-electron chi connectivity index (χ2n) is 6.06. The van der Waals surface area contributed by atoms with Gasteiger partial charge < -0.3 is 14.8 Å². The van der Waals surface area contributed by atoms with Gasteiger partial charge in [0.1, 0.15) is 6.61 Å². The number of ether oxygens (including phenoxy) is 2. The lowest BCUT2D eigenvalue weighted by Crippen LogP contribution is -2.24. The fraction of sp³-hybridized carbons (Fsp3) is 0.217. The number of carbonyl (C=O) groups is 1. The number of hydrazone groups is 1. The van der Waals surface area contributed by atoms with Crippen LogP contribution in [0.15, 0.2) is 54.2 Å². The maximum Gasteiger partial charge on any atom is 0.339 e. The third kappa shape index (κ3) is 6.43. The van der Waals surface area contributed by atoms with E-state index in [9.17, 15) is 4.79 Å². The van der Waals surface area contributed by atoms with Gasteiger partial charge in [-0.2, -0.15) is 5.10 Å². The maximum atomic E-state index is 12.1. The Hall–Kier alpha value is -3.72. The zero-order valence-corrected chi connectivity index (χ0v) is 16.7. The van der Waals surface area contributed by atoms with Crippen molar-refractivity contribution < 1.29 is 14.3 Å². The Balaban J connectivity index is 2.16. The van der Waals surface area contributed by atoms with E-state index >= 15 is 0 Å². The molecular weight excluding hydrogens is 366 g/mol. The molecule has 29 heavy (non-hydrogen) atoms. The van der Waals surface area contributed by atoms with E-state index in [4.69, 9.17) is 15.9 Å². The fourth-order valence-electron chi connectivity index (χ4n) is 2.63. The van der Waals surface area contributed by atoms with Crippen molar-refractivity contribution in [2.45, 2.75) is 20.3 Å². The molecule has 0 unspecified atom stereocenters. The van der Waals surface area contributed by atoms with Crippen LogP contribution in [0.4, 0.5) is 10.5 Å². The average molecular weight is 391 g/mol. The molecule has 150 valence electrons. The van der Waals surface area contributed by atoms with Crippen LogP contribution in [0, 0.1) is 19.3 Å². The first-order valence-electron chi connectivity index (χ1n) is 9.21. The highest BCUT2D eigenvalue weighted by atomic mass is 16.5. The molecular formula is C23H25N3O3. The van der Waals surface area contributed by atoms with Gasteiger partial charge in [-0.3, -0.25) is 0 Å². The molecule has 2 N–H and O–H groups in total. The SMILES string of the molecule is C#CCOc1c(CC=C)cc(C=NNC(=O)Nc2ccccc2C)cc1OCC. The maximum absolute atomic E-state index is 12.1. The summed E-state index contributed by atoms with van der Waals surface area (Å²) < 4.78 is 11.4. The van der Waals surface area contributed by atoms with Gasteiger partial charge in [-0.15, -0.1) is 13.0 Å². The van der Waals surface area contributed by atoms with Crippen LogP contribution in [0.1, 0.15) is 23.6 Å². The highest BCUT2D eigenvalue weighted by Gasteiger charge is 2.12. The summed E-state index contributed by atoms with van der Waals surface area (Å²) in [4.78, 5) is 12.1. The van der Waals surface area contributed by atoms with E-state index in [1.165, 1.54) is 6.21 Å². The smallest absolute Gasteiger partial charge is 0.339 e. The summed E-state index contributed by atoms with van der Waals surface area (Å²) >= 11 is 0. The Morgan fingerprint density at radius 1 is 1.31 bits per heavy atom. The predicted octanol–water partition coefficient (Wildman–Crippen LogP) is 4.29. The molecule has 0 bridgehead atoms. The standard InChI is InChI=1S/C23H25N3O3/c1-5-10-19-14-18(15-21(28-7-3)22(19)29-13-6-2)16-24-26-23(27)25-20-12-9-8-11-17(20)4/h2,5,8-9,11-12,14-16H,1,7,10,13H2,3-4H3,(H2,25,26,27). The number of nitrogens with one attached hydrogen (secondary N) is 2. The van der Waals surface area contributed by atoms with Crippen molar-refractivity contribution in [3.8, 4) is 23.8 Å².